The summed E-state index contributed by atoms with van der Waals surface area (Å²) in [6.45, 7) is 7.46. The topological polar surface area (TPSA) is 43.9 Å². The lowest BCUT2D eigenvalue weighted by Crippen LogP contribution is -2.53. The van der Waals surface area contributed by atoms with E-state index < -0.39 is 0 Å². The average Bonchev–Trinajstić information content (AvgIpc) is 2.89. The van der Waals surface area contributed by atoms with Crippen molar-refractivity contribution in [2.45, 2.75) is 45.7 Å². The number of carbonyl (C=O) groups excluding carboxylic acids is 2. The highest BCUT2D eigenvalue weighted by Gasteiger charge is 2.41. The van der Waals surface area contributed by atoms with Gasteiger partial charge in [-0.1, -0.05) is 26.0 Å². The van der Waals surface area contributed by atoms with Gasteiger partial charge in [-0.2, -0.15) is 0 Å². The van der Waals surface area contributed by atoms with Crippen molar-refractivity contribution in [3.63, 3.8) is 0 Å². The summed E-state index contributed by atoms with van der Waals surface area (Å²) < 4.78 is 0. The molecule has 0 N–H and O–H groups in total. The largest absolute Gasteiger partial charge is 0.309 e. The van der Waals surface area contributed by atoms with E-state index in [4.69, 9.17) is 0 Å². The van der Waals surface area contributed by atoms with Gasteiger partial charge in [0.25, 0.3) is 11.8 Å². The maximum Gasteiger partial charge on any atom is 0.262 e. The van der Waals surface area contributed by atoms with E-state index in [1.807, 2.05) is 12.1 Å². The summed E-state index contributed by atoms with van der Waals surface area (Å²) in [6.07, 6.45) is 4.20. The van der Waals surface area contributed by atoms with Gasteiger partial charge in [0.15, 0.2) is 0 Å². The number of hydrogen-bond acceptors (Lipinski definition) is 4. The Balaban J connectivity index is 1.62. The summed E-state index contributed by atoms with van der Waals surface area (Å²) in [5, 5.41) is 0. The molecule has 5 heteroatoms. The average molecular weight is 372 g/mol. The smallest absolute Gasteiger partial charge is 0.262 e. The van der Waals surface area contributed by atoms with Crippen LogP contribution in [0.1, 0.15) is 60.2 Å². The molecule has 27 heavy (non-hydrogen) atoms. The monoisotopic (exact) mass is 371 g/mol. The van der Waals surface area contributed by atoms with Crippen LogP contribution >= 0.6 is 0 Å². The van der Waals surface area contributed by atoms with E-state index in [1.165, 1.54) is 11.3 Å². The van der Waals surface area contributed by atoms with Crippen LogP contribution in [0.25, 0.3) is 0 Å². The van der Waals surface area contributed by atoms with Crippen molar-refractivity contribution >= 4 is 11.8 Å². The summed E-state index contributed by atoms with van der Waals surface area (Å²) in [5.74, 6) is 1.18. The number of nitrogens with zero attached hydrogens (tertiary/aromatic N) is 3. The minimum atomic E-state index is -0.135. The zero-order valence-corrected chi connectivity index (χ0v) is 17.1. The fourth-order valence-electron chi connectivity index (χ4n) is 4.84. The summed E-state index contributed by atoms with van der Waals surface area (Å²) >= 11 is 0. The Hall–Kier alpha value is -1.72. The molecule has 2 heterocycles. The molecule has 0 spiro atoms. The first-order valence-electron chi connectivity index (χ1n) is 10.3. The van der Waals surface area contributed by atoms with Gasteiger partial charge in [0.1, 0.15) is 0 Å². The van der Waals surface area contributed by atoms with Crippen LogP contribution in [-0.4, -0.2) is 66.4 Å². The number of benzene rings is 1. The number of rotatable bonds is 7. The second-order valence-electron chi connectivity index (χ2n) is 8.50. The first kappa shape index (κ1) is 20.0. The Morgan fingerprint density at radius 3 is 2.11 bits per heavy atom. The molecule has 2 amide bonds. The number of fused-ring (bicyclic) bond motifs is 1. The number of likely N-dealkylation sites (tertiary alicyclic amines) is 1. The molecule has 1 aromatic rings. The quantitative estimate of drug-likeness (QED) is 0.690. The molecule has 1 aromatic carbocycles. The zero-order valence-electron chi connectivity index (χ0n) is 17.1. The van der Waals surface area contributed by atoms with Crippen LogP contribution in [0.3, 0.4) is 0 Å². The fraction of sp³-hybridized carbons (Fsp3) is 0.636. The van der Waals surface area contributed by atoms with Gasteiger partial charge >= 0.3 is 0 Å². The van der Waals surface area contributed by atoms with E-state index in [-0.39, 0.29) is 18.0 Å². The normalized spacial score (nSPS) is 21.0. The number of imide groups is 1. The molecule has 148 valence electrons. The highest BCUT2D eigenvalue weighted by atomic mass is 16.2. The third-order valence-electron chi connectivity index (χ3n) is 5.97. The lowest BCUT2D eigenvalue weighted by Gasteiger charge is -2.41. The van der Waals surface area contributed by atoms with Crippen molar-refractivity contribution < 1.29 is 9.59 Å². The fourth-order valence-corrected chi connectivity index (χ4v) is 4.84. The highest BCUT2D eigenvalue weighted by molar-refractivity contribution is 6.21. The van der Waals surface area contributed by atoms with Crippen molar-refractivity contribution in [2.24, 2.45) is 11.8 Å². The van der Waals surface area contributed by atoms with Crippen molar-refractivity contribution in [1.29, 1.82) is 0 Å². The Morgan fingerprint density at radius 2 is 1.63 bits per heavy atom. The Bertz CT molecular complexity index is 645. The number of hydrogen-bond donors (Lipinski definition) is 0. The van der Waals surface area contributed by atoms with Gasteiger partial charge in [0.05, 0.1) is 17.3 Å². The SMILES string of the molecule is CCC(N1CCC(CC(C)CN(C)C)CC1)N1C(=O)c2ccccc2C1=O. The van der Waals surface area contributed by atoms with Gasteiger partial charge in [0.2, 0.25) is 0 Å². The van der Waals surface area contributed by atoms with Crippen LogP contribution < -0.4 is 0 Å². The molecule has 3 rings (SSSR count). The highest BCUT2D eigenvalue weighted by Crippen LogP contribution is 2.31. The van der Waals surface area contributed by atoms with Crippen molar-refractivity contribution in [2.75, 3.05) is 33.7 Å². The Morgan fingerprint density at radius 1 is 1.07 bits per heavy atom. The minimum absolute atomic E-state index is 0.127. The molecular formula is C22H33N3O2. The van der Waals surface area contributed by atoms with E-state index in [1.54, 1.807) is 12.1 Å². The third kappa shape index (κ3) is 4.25. The molecular weight excluding hydrogens is 338 g/mol. The molecule has 1 fully saturated rings. The molecule has 2 unspecified atom stereocenters. The number of carbonyl (C=O) groups is 2. The van der Waals surface area contributed by atoms with Gasteiger partial charge in [-0.25, -0.2) is 0 Å². The molecule has 2 atom stereocenters. The summed E-state index contributed by atoms with van der Waals surface area (Å²) in [4.78, 5) is 31.8. The summed E-state index contributed by atoms with van der Waals surface area (Å²) in [5.41, 5.74) is 1.10. The third-order valence-corrected chi connectivity index (χ3v) is 5.97. The van der Waals surface area contributed by atoms with E-state index >= 15 is 0 Å². The molecule has 1 saturated heterocycles. The maximum absolute atomic E-state index is 12.8. The molecule has 5 nitrogen and oxygen atoms in total. The standard InChI is InChI=1S/C22H33N3O2/c1-5-20(25-21(26)18-8-6-7-9-19(18)22(25)27)24-12-10-17(11-13-24)14-16(2)15-23(3)4/h6-9,16-17,20H,5,10-15H2,1-4H3. The van der Waals surface area contributed by atoms with E-state index in [2.05, 4.69) is 37.7 Å². The Kier molecular flexibility index (Phi) is 6.33. The predicted molar refractivity (Wildman–Crippen MR) is 108 cm³/mol. The van der Waals surface area contributed by atoms with Gasteiger partial charge in [-0.15, -0.1) is 0 Å². The summed E-state index contributed by atoms with van der Waals surface area (Å²) in [6, 6.07) is 7.19. The second kappa shape index (κ2) is 8.53. The van der Waals surface area contributed by atoms with Crippen molar-refractivity contribution in [3.8, 4) is 0 Å². The summed E-state index contributed by atoms with van der Waals surface area (Å²) in [7, 11) is 4.26. The van der Waals surface area contributed by atoms with Crippen molar-refractivity contribution in [1.82, 2.24) is 14.7 Å². The van der Waals surface area contributed by atoms with Crippen LogP contribution in [0, 0.1) is 11.8 Å². The molecule has 2 aliphatic rings. The lowest BCUT2D eigenvalue weighted by molar-refractivity contribution is 0.0174. The van der Waals surface area contributed by atoms with Crippen LogP contribution in [0.4, 0.5) is 0 Å². The maximum atomic E-state index is 12.8. The molecule has 2 aliphatic heterocycles. The van der Waals surface area contributed by atoms with Crippen LogP contribution in [0.15, 0.2) is 24.3 Å². The van der Waals surface area contributed by atoms with Gasteiger partial charge in [-0.3, -0.25) is 19.4 Å². The first-order chi connectivity index (χ1) is 12.9. The molecule has 0 bridgehead atoms. The van der Waals surface area contributed by atoms with Gasteiger partial charge < -0.3 is 4.90 Å². The van der Waals surface area contributed by atoms with E-state index in [0.717, 1.165) is 44.8 Å². The minimum Gasteiger partial charge on any atom is -0.309 e. The Labute approximate surface area is 163 Å². The van der Waals surface area contributed by atoms with Gasteiger partial charge in [0, 0.05) is 19.6 Å². The lowest BCUT2D eigenvalue weighted by atomic mass is 9.87. The molecule has 0 radical (unpaired) electrons. The van der Waals surface area contributed by atoms with Crippen LogP contribution in [0.2, 0.25) is 0 Å². The van der Waals surface area contributed by atoms with E-state index in [9.17, 15) is 9.59 Å². The van der Waals surface area contributed by atoms with Crippen LogP contribution in [-0.2, 0) is 0 Å². The van der Waals surface area contributed by atoms with Crippen molar-refractivity contribution in [3.05, 3.63) is 35.4 Å². The van der Waals surface area contributed by atoms with E-state index in [0.29, 0.717) is 17.0 Å². The van der Waals surface area contributed by atoms with Crippen LogP contribution in [0.5, 0.6) is 0 Å². The molecule has 0 saturated carbocycles. The van der Waals surface area contributed by atoms with Gasteiger partial charge in [-0.05, 0) is 63.7 Å². The zero-order chi connectivity index (χ0) is 19.6. The predicted octanol–water partition coefficient (Wildman–Crippen LogP) is 3.32. The number of piperidine rings is 1. The first-order valence-corrected chi connectivity index (χ1v) is 10.3. The number of amides is 2. The molecule has 0 aromatic heterocycles. The second-order valence-corrected chi connectivity index (χ2v) is 8.50. The molecule has 0 aliphatic carbocycles.